The average molecular weight is 353 g/mol. The number of nitrogens with zero attached hydrogens (tertiary/aromatic N) is 6. The number of fused-ring (bicyclic) bond motifs is 1. The van der Waals surface area contributed by atoms with E-state index in [4.69, 9.17) is 4.98 Å². The van der Waals surface area contributed by atoms with E-state index >= 15 is 0 Å². The van der Waals surface area contributed by atoms with Crippen molar-refractivity contribution in [1.82, 2.24) is 19.9 Å². The first-order valence-electron chi connectivity index (χ1n) is 9.60. The summed E-state index contributed by atoms with van der Waals surface area (Å²) in [6, 6.07) is 2.07. The minimum absolute atomic E-state index is 0.717. The van der Waals surface area contributed by atoms with Gasteiger partial charge in [0.1, 0.15) is 17.5 Å². The number of rotatable bonds is 4. The van der Waals surface area contributed by atoms with Crippen LogP contribution in [0.1, 0.15) is 36.1 Å². The molecule has 1 aliphatic heterocycles. The van der Waals surface area contributed by atoms with Crippen molar-refractivity contribution in [3.63, 3.8) is 0 Å². The Kier molecular flexibility index (Phi) is 4.61. The Hall–Kier alpha value is -2.44. The monoisotopic (exact) mass is 353 g/mol. The topological polar surface area (TPSA) is 70.1 Å². The second kappa shape index (κ2) is 7.05. The minimum atomic E-state index is 0.717. The number of piperazine rings is 1. The van der Waals surface area contributed by atoms with Crippen LogP contribution in [0, 0.1) is 13.8 Å². The molecule has 26 heavy (non-hydrogen) atoms. The molecule has 0 aromatic carbocycles. The second-order valence-corrected chi connectivity index (χ2v) is 7.07. The summed E-state index contributed by atoms with van der Waals surface area (Å²) in [7, 11) is 0. The lowest BCUT2D eigenvalue weighted by molar-refractivity contribution is 0.636. The fourth-order valence-electron chi connectivity index (χ4n) is 3.89. The molecule has 1 N–H and O–H groups in total. The third-order valence-electron chi connectivity index (χ3n) is 5.10. The molecule has 0 amide bonds. The zero-order chi connectivity index (χ0) is 18.1. The molecule has 0 unspecified atom stereocenters. The third-order valence-corrected chi connectivity index (χ3v) is 5.10. The summed E-state index contributed by atoms with van der Waals surface area (Å²) < 4.78 is 0. The SMILES string of the molecule is CCNc1nc(C)cc(N2CCN(c3nc(C)nc4c3CCC4)CC2)n1. The zero-order valence-electron chi connectivity index (χ0n) is 15.9. The second-order valence-electron chi connectivity index (χ2n) is 7.07. The van der Waals surface area contributed by atoms with E-state index in [2.05, 4.69) is 43.1 Å². The molecule has 2 aliphatic rings. The van der Waals surface area contributed by atoms with Gasteiger partial charge in [-0.15, -0.1) is 0 Å². The molecule has 7 heteroatoms. The molecule has 2 aromatic rings. The highest BCUT2D eigenvalue weighted by molar-refractivity contribution is 5.53. The first-order chi connectivity index (χ1) is 12.6. The van der Waals surface area contributed by atoms with E-state index in [-0.39, 0.29) is 0 Å². The lowest BCUT2D eigenvalue weighted by atomic mass is 10.2. The highest BCUT2D eigenvalue weighted by atomic mass is 15.3. The van der Waals surface area contributed by atoms with E-state index in [9.17, 15) is 0 Å². The molecule has 0 bridgehead atoms. The summed E-state index contributed by atoms with van der Waals surface area (Å²) in [5.74, 6) is 3.79. The van der Waals surface area contributed by atoms with Gasteiger partial charge in [0.05, 0.1) is 0 Å². The van der Waals surface area contributed by atoms with Gasteiger partial charge in [-0.1, -0.05) is 0 Å². The Morgan fingerprint density at radius 1 is 0.962 bits per heavy atom. The predicted molar refractivity (Wildman–Crippen MR) is 104 cm³/mol. The van der Waals surface area contributed by atoms with Crippen molar-refractivity contribution < 1.29 is 0 Å². The van der Waals surface area contributed by atoms with Crippen molar-refractivity contribution in [2.24, 2.45) is 0 Å². The highest BCUT2D eigenvalue weighted by Crippen LogP contribution is 2.29. The fourth-order valence-corrected chi connectivity index (χ4v) is 3.89. The smallest absolute Gasteiger partial charge is 0.224 e. The molecule has 0 atom stereocenters. The molecule has 3 heterocycles. The third kappa shape index (κ3) is 3.30. The molecule has 4 rings (SSSR count). The quantitative estimate of drug-likeness (QED) is 0.903. The minimum Gasteiger partial charge on any atom is -0.354 e. The summed E-state index contributed by atoms with van der Waals surface area (Å²) in [6.45, 7) is 10.7. The largest absolute Gasteiger partial charge is 0.354 e. The van der Waals surface area contributed by atoms with Gasteiger partial charge in [0.2, 0.25) is 5.95 Å². The van der Waals surface area contributed by atoms with Gasteiger partial charge in [0.15, 0.2) is 0 Å². The van der Waals surface area contributed by atoms with Gasteiger partial charge in [0, 0.05) is 55.7 Å². The Labute approximate surface area is 154 Å². The molecule has 2 aromatic heterocycles. The van der Waals surface area contributed by atoms with E-state index in [0.29, 0.717) is 5.95 Å². The maximum absolute atomic E-state index is 4.78. The summed E-state index contributed by atoms with van der Waals surface area (Å²) in [4.78, 5) is 23.3. The van der Waals surface area contributed by atoms with Gasteiger partial charge in [-0.3, -0.25) is 0 Å². The Bertz CT molecular complexity index is 797. The van der Waals surface area contributed by atoms with Crippen molar-refractivity contribution >= 4 is 17.6 Å². The molecule has 0 radical (unpaired) electrons. The van der Waals surface area contributed by atoms with Crippen molar-refractivity contribution in [2.45, 2.75) is 40.0 Å². The molecule has 7 nitrogen and oxygen atoms in total. The van der Waals surface area contributed by atoms with Gasteiger partial charge in [-0.25, -0.2) is 15.0 Å². The summed E-state index contributed by atoms with van der Waals surface area (Å²) in [5, 5.41) is 3.22. The van der Waals surface area contributed by atoms with Gasteiger partial charge in [-0.2, -0.15) is 4.98 Å². The van der Waals surface area contributed by atoms with Crippen molar-refractivity contribution in [2.75, 3.05) is 47.8 Å². The normalized spacial score (nSPS) is 16.7. The predicted octanol–water partition coefficient (Wildman–Crippen LogP) is 2.13. The van der Waals surface area contributed by atoms with Crippen LogP contribution < -0.4 is 15.1 Å². The number of hydrogen-bond donors (Lipinski definition) is 1. The average Bonchev–Trinajstić information content (AvgIpc) is 3.09. The number of hydrogen-bond acceptors (Lipinski definition) is 7. The number of aryl methyl sites for hydroxylation is 3. The van der Waals surface area contributed by atoms with E-state index in [1.807, 2.05) is 13.8 Å². The molecule has 138 valence electrons. The van der Waals surface area contributed by atoms with Crippen LogP contribution in [0.5, 0.6) is 0 Å². The molecular weight excluding hydrogens is 326 g/mol. The first kappa shape index (κ1) is 17.0. The van der Waals surface area contributed by atoms with Crippen LogP contribution in [-0.4, -0.2) is 52.7 Å². The Balaban J connectivity index is 1.50. The van der Waals surface area contributed by atoms with Gasteiger partial charge in [0.25, 0.3) is 0 Å². The lowest BCUT2D eigenvalue weighted by Gasteiger charge is -2.37. The standard InChI is InChI=1S/C19H27N7/c1-4-20-19-21-13(2)12-17(24-19)25-8-10-26(11-9-25)18-15-6-5-7-16(15)22-14(3)23-18/h12H,4-11H2,1-3H3,(H,20,21,24). The Morgan fingerprint density at radius 2 is 1.73 bits per heavy atom. The molecule has 1 saturated heterocycles. The van der Waals surface area contributed by atoms with Crippen molar-refractivity contribution in [3.8, 4) is 0 Å². The van der Waals surface area contributed by atoms with Crippen LogP contribution in [0.2, 0.25) is 0 Å². The molecule has 0 spiro atoms. The van der Waals surface area contributed by atoms with Crippen LogP contribution in [0.25, 0.3) is 0 Å². The number of nitrogens with one attached hydrogen (secondary N) is 1. The van der Waals surface area contributed by atoms with Crippen LogP contribution in [0.3, 0.4) is 0 Å². The van der Waals surface area contributed by atoms with E-state index in [1.165, 1.54) is 17.7 Å². The first-order valence-corrected chi connectivity index (χ1v) is 9.60. The van der Waals surface area contributed by atoms with E-state index in [1.54, 1.807) is 0 Å². The highest BCUT2D eigenvalue weighted by Gasteiger charge is 2.25. The summed E-state index contributed by atoms with van der Waals surface area (Å²) in [5.41, 5.74) is 3.63. The van der Waals surface area contributed by atoms with Crippen molar-refractivity contribution in [1.29, 1.82) is 0 Å². The molecule has 1 fully saturated rings. The van der Waals surface area contributed by atoms with E-state index < -0.39 is 0 Å². The van der Waals surface area contributed by atoms with Gasteiger partial charge in [-0.05, 0) is 40.0 Å². The fraction of sp³-hybridized carbons (Fsp3) is 0.579. The molecular formula is C19H27N7. The maximum Gasteiger partial charge on any atom is 0.224 e. The lowest BCUT2D eigenvalue weighted by Crippen LogP contribution is -2.47. The summed E-state index contributed by atoms with van der Waals surface area (Å²) in [6.07, 6.45) is 3.41. The van der Waals surface area contributed by atoms with Crippen LogP contribution in [0.15, 0.2) is 6.07 Å². The molecule has 0 saturated carbocycles. The summed E-state index contributed by atoms with van der Waals surface area (Å²) >= 11 is 0. The number of anilines is 3. The maximum atomic E-state index is 4.78. The number of aromatic nitrogens is 4. The zero-order valence-corrected chi connectivity index (χ0v) is 15.9. The van der Waals surface area contributed by atoms with Crippen molar-refractivity contribution in [3.05, 3.63) is 28.8 Å². The van der Waals surface area contributed by atoms with Gasteiger partial charge < -0.3 is 15.1 Å². The van der Waals surface area contributed by atoms with Gasteiger partial charge >= 0.3 is 0 Å². The Morgan fingerprint density at radius 3 is 2.50 bits per heavy atom. The molecule has 1 aliphatic carbocycles. The van der Waals surface area contributed by atoms with Crippen LogP contribution in [-0.2, 0) is 12.8 Å². The van der Waals surface area contributed by atoms with E-state index in [0.717, 1.165) is 68.7 Å². The van der Waals surface area contributed by atoms with Crippen LogP contribution >= 0.6 is 0 Å². The van der Waals surface area contributed by atoms with Crippen LogP contribution in [0.4, 0.5) is 17.6 Å².